The van der Waals surface area contributed by atoms with Crippen LogP contribution in [-0.4, -0.2) is 16.6 Å². The Balaban J connectivity index is 0.00000225. The van der Waals surface area contributed by atoms with Crippen molar-refractivity contribution in [1.82, 2.24) is 9.97 Å². The summed E-state index contributed by atoms with van der Waals surface area (Å²) in [6.45, 7) is 2.91. The van der Waals surface area contributed by atoms with Crippen LogP contribution in [0.1, 0.15) is 19.8 Å². The zero-order valence-electron chi connectivity index (χ0n) is 15.6. The predicted octanol–water partition coefficient (Wildman–Crippen LogP) is 6.70. The number of unbranched alkanes of at least 4 members (excludes halogenated alkanes) is 1. The van der Waals surface area contributed by atoms with Gasteiger partial charge in [0, 0.05) is 16.6 Å². The molecule has 0 saturated carbocycles. The van der Waals surface area contributed by atoms with Crippen LogP contribution in [-0.2, 0) is 0 Å². The van der Waals surface area contributed by atoms with Crippen LogP contribution in [0.4, 0.5) is 11.5 Å². The second-order valence-corrected chi connectivity index (χ2v) is 7.13. The molecule has 4 aromatic rings. The maximum absolute atomic E-state index is 5.73. The number of anilines is 2. The summed E-state index contributed by atoms with van der Waals surface area (Å²) in [4.78, 5) is 9.91. The number of aromatic nitrogens is 2. The molecule has 28 heavy (non-hydrogen) atoms. The summed E-state index contributed by atoms with van der Waals surface area (Å²) in [6.07, 6.45) is 3.81. The molecule has 6 heteroatoms. The number of thiophene rings is 1. The number of hydrogen-bond donors (Lipinski definition) is 1. The zero-order chi connectivity index (χ0) is 18.5. The standard InChI is InChI=1S/C22H21N3OS.ClH/c1-2-3-13-26-18-11-9-17(10-12-18)25-21-20-19(16-7-5-4-6-8-16)14-27-22(20)24-15-23-21;/h4-12,14-15H,2-3,13H2,1H3,(H,23,24,25);1H. The van der Waals surface area contributed by atoms with Crippen LogP contribution in [0.3, 0.4) is 0 Å². The number of fused-ring (bicyclic) bond motifs is 1. The van der Waals surface area contributed by atoms with Crippen LogP contribution in [0.2, 0.25) is 0 Å². The van der Waals surface area contributed by atoms with E-state index in [0.29, 0.717) is 0 Å². The van der Waals surface area contributed by atoms with Crippen LogP contribution >= 0.6 is 23.7 Å². The number of benzene rings is 2. The first-order chi connectivity index (χ1) is 13.3. The Labute approximate surface area is 175 Å². The van der Waals surface area contributed by atoms with Crippen molar-refractivity contribution in [2.45, 2.75) is 19.8 Å². The molecule has 0 aliphatic rings. The first kappa shape index (κ1) is 20.1. The van der Waals surface area contributed by atoms with Gasteiger partial charge in [-0.2, -0.15) is 0 Å². The van der Waals surface area contributed by atoms with Crippen molar-refractivity contribution < 1.29 is 4.74 Å². The van der Waals surface area contributed by atoms with Crippen molar-refractivity contribution >= 4 is 45.5 Å². The van der Waals surface area contributed by atoms with Crippen molar-refractivity contribution in [3.05, 3.63) is 66.3 Å². The molecule has 2 aromatic heterocycles. The van der Waals surface area contributed by atoms with E-state index in [9.17, 15) is 0 Å². The second-order valence-electron chi connectivity index (χ2n) is 6.27. The van der Waals surface area contributed by atoms with E-state index < -0.39 is 0 Å². The Kier molecular flexibility index (Phi) is 6.85. The average Bonchev–Trinajstić information content (AvgIpc) is 3.15. The molecule has 0 unspecified atom stereocenters. The molecule has 2 heterocycles. The van der Waals surface area contributed by atoms with Gasteiger partial charge in [0.05, 0.1) is 12.0 Å². The fourth-order valence-electron chi connectivity index (χ4n) is 2.91. The van der Waals surface area contributed by atoms with E-state index in [2.05, 4.69) is 39.7 Å². The smallest absolute Gasteiger partial charge is 0.143 e. The quantitative estimate of drug-likeness (QED) is 0.343. The van der Waals surface area contributed by atoms with E-state index in [4.69, 9.17) is 4.74 Å². The van der Waals surface area contributed by atoms with Crippen LogP contribution in [0.15, 0.2) is 66.3 Å². The van der Waals surface area contributed by atoms with Crippen molar-refractivity contribution in [2.24, 2.45) is 0 Å². The van der Waals surface area contributed by atoms with E-state index in [1.807, 2.05) is 42.5 Å². The molecular formula is C22H22ClN3OS. The number of halogens is 1. The Morgan fingerprint density at radius 3 is 2.54 bits per heavy atom. The third-order valence-corrected chi connectivity index (χ3v) is 5.23. The topological polar surface area (TPSA) is 47.0 Å². The van der Waals surface area contributed by atoms with Crippen molar-refractivity contribution in [2.75, 3.05) is 11.9 Å². The van der Waals surface area contributed by atoms with E-state index in [-0.39, 0.29) is 12.4 Å². The average molecular weight is 412 g/mol. The number of rotatable bonds is 7. The monoisotopic (exact) mass is 411 g/mol. The lowest BCUT2D eigenvalue weighted by molar-refractivity contribution is 0.309. The molecule has 0 aliphatic carbocycles. The van der Waals surface area contributed by atoms with Gasteiger partial charge in [-0.1, -0.05) is 43.7 Å². The molecule has 1 N–H and O–H groups in total. The first-order valence-corrected chi connectivity index (χ1v) is 10.0. The van der Waals surface area contributed by atoms with E-state index in [0.717, 1.165) is 52.5 Å². The van der Waals surface area contributed by atoms with Gasteiger partial charge in [-0.3, -0.25) is 0 Å². The van der Waals surface area contributed by atoms with Gasteiger partial charge in [0.1, 0.15) is 22.7 Å². The lowest BCUT2D eigenvalue weighted by atomic mass is 10.1. The highest BCUT2D eigenvalue weighted by atomic mass is 35.5. The number of nitrogens with zero attached hydrogens (tertiary/aromatic N) is 2. The van der Waals surface area contributed by atoms with Crippen LogP contribution < -0.4 is 10.1 Å². The Morgan fingerprint density at radius 1 is 1.00 bits per heavy atom. The summed E-state index contributed by atoms with van der Waals surface area (Å²) in [7, 11) is 0. The summed E-state index contributed by atoms with van der Waals surface area (Å²) < 4.78 is 5.73. The van der Waals surface area contributed by atoms with Crippen LogP contribution in [0.5, 0.6) is 5.75 Å². The van der Waals surface area contributed by atoms with Gasteiger partial charge in [0.25, 0.3) is 0 Å². The third-order valence-electron chi connectivity index (χ3n) is 4.34. The largest absolute Gasteiger partial charge is 0.494 e. The molecule has 4 rings (SSSR count). The summed E-state index contributed by atoms with van der Waals surface area (Å²) in [5.41, 5.74) is 3.29. The molecule has 0 amide bonds. The van der Waals surface area contributed by atoms with Crippen LogP contribution in [0.25, 0.3) is 21.3 Å². The van der Waals surface area contributed by atoms with Gasteiger partial charge >= 0.3 is 0 Å². The lowest BCUT2D eigenvalue weighted by Crippen LogP contribution is -1.98. The number of ether oxygens (including phenoxy) is 1. The van der Waals surface area contributed by atoms with E-state index in [1.54, 1.807) is 17.7 Å². The van der Waals surface area contributed by atoms with Gasteiger partial charge in [-0.15, -0.1) is 23.7 Å². The van der Waals surface area contributed by atoms with Gasteiger partial charge in [-0.25, -0.2) is 9.97 Å². The summed E-state index contributed by atoms with van der Waals surface area (Å²) in [5, 5.41) is 6.63. The molecule has 144 valence electrons. The molecule has 0 bridgehead atoms. The SMILES string of the molecule is CCCCOc1ccc(Nc2ncnc3scc(-c4ccccc4)c23)cc1.Cl. The Bertz CT molecular complexity index is 1020. The first-order valence-electron chi connectivity index (χ1n) is 9.12. The van der Waals surface area contributed by atoms with Gasteiger partial charge in [0.2, 0.25) is 0 Å². The van der Waals surface area contributed by atoms with Gasteiger partial charge < -0.3 is 10.1 Å². The molecule has 0 saturated heterocycles. The van der Waals surface area contributed by atoms with E-state index in [1.165, 1.54) is 5.56 Å². The summed E-state index contributed by atoms with van der Waals surface area (Å²) >= 11 is 1.64. The Hall–Kier alpha value is -2.63. The fourth-order valence-corrected chi connectivity index (χ4v) is 3.82. The van der Waals surface area contributed by atoms with Gasteiger partial charge in [-0.05, 0) is 36.2 Å². The molecule has 0 spiro atoms. The van der Waals surface area contributed by atoms with Crippen molar-refractivity contribution in [1.29, 1.82) is 0 Å². The minimum absolute atomic E-state index is 0. The van der Waals surface area contributed by atoms with Crippen molar-refractivity contribution in [3.8, 4) is 16.9 Å². The zero-order valence-corrected chi connectivity index (χ0v) is 17.2. The molecule has 0 atom stereocenters. The molecule has 0 radical (unpaired) electrons. The molecule has 0 aliphatic heterocycles. The second kappa shape index (κ2) is 9.53. The molecule has 0 fully saturated rings. The fraction of sp³-hybridized carbons (Fsp3) is 0.182. The number of nitrogens with one attached hydrogen (secondary N) is 1. The summed E-state index contributed by atoms with van der Waals surface area (Å²) in [6, 6.07) is 18.4. The van der Waals surface area contributed by atoms with Crippen LogP contribution in [0, 0.1) is 0 Å². The Morgan fingerprint density at radius 2 is 1.79 bits per heavy atom. The molecular weight excluding hydrogens is 390 g/mol. The third kappa shape index (κ3) is 4.43. The molecule has 4 nitrogen and oxygen atoms in total. The minimum Gasteiger partial charge on any atom is -0.494 e. The molecule has 2 aromatic carbocycles. The normalized spacial score (nSPS) is 10.5. The maximum atomic E-state index is 5.73. The lowest BCUT2D eigenvalue weighted by Gasteiger charge is -2.10. The summed E-state index contributed by atoms with van der Waals surface area (Å²) in [5.74, 6) is 1.71. The predicted molar refractivity (Wildman–Crippen MR) is 120 cm³/mol. The van der Waals surface area contributed by atoms with Crippen molar-refractivity contribution in [3.63, 3.8) is 0 Å². The minimum atomic E-state index is 0. The highest BCUT2D eigenvalue weighted by Gasteiger charge is 2.13. The maximum Gasteiger partial charge on any atom is 0.143 e. The highest BCUT2D eigenvalue weighted by molar-refractivity contribution is 7.17. The van der Waals surface area contributed by atoms with E-state index >= 15 is 0 Å². The van der Waals surface area contributed by atoms with Gasteiger partial charge in [0.15, 0.2) is 0 Å². The highest BCUT2D eigenvalue weighted by Crippen LogP contribution is 2.37. The number of hydrogen-bond acceptors (Lipinski definition) is 5.